The molecule has 0 saturated heterocycles. The number of benzene rings is 1. The van der Waals surface area contributed by atoms with E-state index in [1.54, 1.807) is 17.0 Å². The molecule has 1 saturated carbocycles. The van der Waals surface area contributed by atoms with Crippen LogP contribution in [0.1, 0.15) is 58.9 Å². The molecule has 0 spiro atoms. The minimum absolute atomic E-state index is 0.0111. The van der Waals surface area contributed by atoms with Crippen LogP contribution in [0.15, 0.2) is 23.1 Å². The highest BCUT2D eigenvalue weighted by molar-refractivity contribution is 7.89. The summed E-state index contributed by atoms with van der Waals surface area (Å²) >= 11 is 0. The van der Waals surface area contributed by atoms with Crippen LogP contribution in [0.25, 0.3) is 0 Å². The van der Waals surface area contributed by atoms with Gasteiger partial charge in [0, 0.05) is 37.7 Å². The molecule has 1 fully saturated rings. The summed E-state index contributed by atoms with van der Waals surface area (Å²) in [5.74, 6) is 0.845. The molecule has 30 heavy (non-hydrogen) atoms. The summed E-state index contributed by atoms with van der Waals surface area (Å²) in [7, 11) is -3.72. The van der Waals surface area contributed by atoms with Gasteiger partial charge in [-0.15, -0.1) is 0 Å². The molecule has 1 aromatic carbocycles. The van der Waals surface area contributed by atoms with E-state index >= 15 is 0 Å². The Kier molecular flexibility index (Phi) is 6.87. The first kappa shape index (κ1) is 22.7. The molecule has 166 valence electrons. The number of carbonyl (C=O) groups is 2. The van der Waals surface area contributed by atoms with Gasteiger partial charge in [0.05, 0.1) is 4.90 Å². The van der Waals surface area contributed by atoms with Crippen LogP contribution in [0.2, 0.25) is 0 Å². The van der Waals surface area contributed by atoms with Crippen molar-refractivity contribution in [2.45, 2.75) is 76.8 Å². The number of rotatable bonds is 6. The number of amides is 2. The van der Waals surface area contributed by atoms with Gasteiger partial charge < -0.3 is 10.2 Å². The van der Waals surface area contributed by atoms with E-state index in [1.165, 1.54) is 19.4 Å². The van der Waals surface area contributed by atoms with Crippen LogP contribution >= 0.6 is 0 Å². The largest absolute Gasteiger partial charge is 0.353 e. The second-order valence-electron chi connectivity index (χ2n) is 8.82. The predicted molar refractivity (Wildman–Crippen MR) is 117 cm³/mol. The maximum Gasteiger partial charge on any atom is 0.240 e. The standard InChI is InChI=1S/C22H33N3O4S/c1-14-6-5-7-20(16(14)3)24-22(27)10-11-23-30(28,29)19-8-9-21-18(13-19)12-15(2)25(21)17(4)26/h8-9,13-16,20,23H,5-7,10-12H2,1-4H3,(H,24,27)/t14-,15-,16-,20+/m0/s1. The Morgan fingerprint density at radius 2 is 1.90 bits per heavy atom. The van der Waals surface area contributed by atoms with Crippen LogP contribution in [0, 0.1) is 11.8 Å². The van der Waals surface area contributed by atoms with Crippen LogP contribution in [0.3, 0.4) is 0 Å². The molecule has 1 aliphatic heterocycles. The molecular weight excluding hydrogens is 402 g/mol. The smallest absolute Gasteiger partial charge is 0.240 e. The first-order chi connectivity index (χ1) is 14.1. The predicted octanol–water partition coefficient (Wildman–Crippen LogP) is 2.59. The molecule has 2 amide bonds. The van der Waals surface area contributed by atoms with Gasteiger partial charge in [-0.2, -0.15) is 0 Å². The summed E-state index contributed by atoms with van der Waals surface area (Å²) in [5, 5.41) is 3.07. The normalized spacial score (nSPS) is 26.3. The van der Waals surface area contributed by atoms with Crippen molar-refractivity contribution >= 4 is 27.5 Å². The van der Waals surface area contributed by atoms with Crippen molar-refractivity contribution in [3.63, 3.8) is 0 Å². The summed E-state index contributed by atoms with van der Waals surface area (Å²) in [5.41, 5.74) is 1.61. The number of anilines is 1. The van der Waals surface area contributed by atoms with Crippen molar-refractivity contribution in [1.82, 2.24) is 10.0 Å². The van der Waals surface area contributed by atoms with Crippen molar-refractivity contribution in [1.29, 1.82) is 0 Å². The summed E-state index contributed by atoms with van der Waals surface area (Å²) in [6.07, 6.45) is 4.02. The summed E-state index contributed by atoms with van der Waals surface area (Å²) in [4.78, 5) is 26.0. The second-order valence-corrected chi connectivity index (χ2v) is 10.6. The summed E-state index contributed by atoms with van der Waals surface area (Å²) in [6, 6.07) is 5.01. The number of fused-ring (bicyclic) bond motifs is 1. The van der Waals surface area contributed by atoms with Crippen LogP contribution in [-0.2, 0) is 26.0 Å². The van der Waals surface area contributed by atoms with E-state index in [2.05, 4.69) is 23.9 Å². The Hall–Kier alpha value is -1.93. The van der Waals surface area contributed by atoms with Gasteiger partial charge in [0.15, 0.2) is 0 Å². The van der Waals surface area contributed by atoms with Crippen LogP contribution < -0.4 is 14.9 Å². The minimum atomic E-state index is -3.72. The van der Waals surface area contributed by atoms with Gasteiger partial charge in [-0.1, -0.05) is 26.7 Å². The average Bonchev–Trinajstić information content (AvgIpc) is 3.00. The number of hydrogen-bond acceptors (Lipinski definition) is 4. The van der Waals surface area contributed by atoms with E-state index in [-0.39, 0.29) is 41.8 Å². The fourth-order valence-corrected chi connectivity index (χ4v) is 5.78. The molecule has 1 aromatic rings. The topological polar surface area (TPSA) is 95.6 Å². The lowest BCUT2D eigenvalue weighted by molar-refractivity contribution is -0.122. The number of nitrogens with one attached hydrogen (secondary N) is 2. The number of hydrogen-bond donors (Lipinski definition) is 2. The van der Waals surface area contributed by atoms with E-state index in [4.69, 9.17) is 0 Å². The molecule has 0 radical (unpaired) electrons. The monoisotopic (exact) mass is 435 g/mol. The highest BCUT2D eigenvalue weighted by atomic mass is 32.2. The molecule has 1 aliphatic carbocycles. The van der Waals surface area contributed by atoms with Crippen LogP contribution in [0.4, 0.5) is 5.69 Å². The summed E-state index contributed by atoms with van der Waals surface area (Å²) < 4.78 is 27.9. The Balaban J connectivity index is 1.56. The van der Waals surface area contributed by atoms with E-state index in [0.717, 1.165) is 24.1 Å². The maximum atomic E-state index is 12.7. The maximum absolute atomic E-state index is 12.7. The van der Waals surface area contributed by atoms with Crippen molar-refractivity contribution in [2.75, 3.05) is 11.4 Å². The Bertz CT molecular complexity index is 915. The van der Waals surface area contributed by atoms with Crippen molar-refractivity contribution in [3.05, 3.63) is 23.8 Å². The molecule has 4 atom stereocenters. The van der Waals surface area contributed by atoms with E-state index in [0.29, 0.717) is 18.3 Å². The highest BCUT2D eigenvalue weighted by Crippen LogP contribution is 2.34. The summed E-state index contributed by atoms with van der Waals surface area (Å²) in [6.45, 7) is 7.89. The van der Waals surface area contributed by atoms with Crippen molar-refractivity contribution in [3.8, 4) is 0 Å². The van der Waals surface area contributed by atoms with E-state index < -0.39 is 10.0 Å². The molecule has 2 aliphatic rings. The number of carbonyl (C=O) groups excluding carboxylic acids is 2. The lowest BCUT2D eigenvalue weighted by Crippen LogP contribution is -2.44. The Morgan fingerprint density at radius 1 is 1.17 bits per heavy atom. The van der Waals surface area contributed by atoms with Gasteiger partial charge in [0.25, 0.3) is 0 Å². The zero-order chi connectivity index (χ0) is 22.1. The Morgan fingerprint density at radius 3 is 2.60 bits per heavy atom. The van der Waals surface area contributed by atoms with E-state index in [1.807, 2.05) is 6.92 Å². The number of sulfonamides is 1. The highest BCUT2D eigenvalue weighted by Gasteiger charge is 2.30. The zero-order valence-electron chi connectivity index (χ0n) is 18.3. The average molecular weight is 436 g/mol. The zero-order valence-corrected chi connectivity index (χ0v) is 19.1. The minimum Gasteiger partial charge on any atom is -0.353 e. The van der Waals surface area contributed by atoms with Gasteiger partial charge in [0.2, 0.25) is 21.8 Å². The first-order valence-corrected chi connectivity index (χ1v) is 12.3. The molecule has 0 unspecified atom stereocenters. The van der Waals surface area contributed by atoms with Gasteiger partial charge in [0.1, 0.15) is 0 Å². The van der Waals surface area contributed by atoms with Gasteiger partial charge in [-0.05, 0) is 55.4 Å². The molecular formula is C22H33N3O4S. The molecule has 2 N–H and O–H groups in total. The molecule has 0 aromatic heterocycles. The van der Waals surface area contributed by atoms with Gasteiger partial charge in [-0.25, -0.2) is 13.1 Å². The molecule has 7 nitrogen and oxygen atoms in total. The van der Waals surface area contributed by atoms with E-state index in [9.17, 15) is 18.0 Å². The third kappa shape index (κ3) is 4.86. The first-order valence-electron chi connectivity index (χ1n) is 10.8. The molecule has 8 heteroatoms. The third-order valence-electron chi connectivity index (χ3n) is 6.61. The Labute approximate surface area is 179 Å². The molecule has 0 bridgehead atoms. The van der Waals surface area contributed by atoms with Gasteiger partial charge >= 0.3 is 0 Å². The fourth-order valence-electron chi connectivity index (χ4n) is 4.70. The fraction of sp³-hybridized carbons (Fsp3) is 0.636. The van der Waals surface area contributed by atoms with Crippen LogP contribution in [-0.4, -0.2) is 38.9 Å². The SMILES string of the molecule is CC(=O)N1c2ccc(S(=O)(=O)NCCC(=O)N[C@@H]3CCC[C@H](C)[C@@H]3C)cc2C[C@@H]1C. The molecule has 3 rings (SSSR count). The van der Waals surface area contributed by atoms with Crippen LogP contribution in [0.5, 0.6) is 0 Å². The quantitative estimate of drug-likeness (QED) is 0.718. The lowest BCUT2D eigenvalue weighted by atomic mass is 9.78. The van der Waals surface area contributed by atoms with Crippen molar-refractivity contribution in [2.24, 2.45) is 11.8 Å². The molecule has 1 heterocycles. The van der Waals surface area contributed by atoms with Crippen molar-refractivity contribution < 1.29 is 18.0 Å². The van der Waals surface area contributed by atoms with Gasteiger partial charge in [-0.3, -0.25) is 9.59 Å². The third-order valence-corrected chi connectivity index (χ3v) is 8.07. The second kappa shape index (κ2) is 9.06. The lowest BCUT2D eigenvalue weighted by Gasteiger charge is -2.34. The number of nitrogens with zero attached hydrogens (tertiary/aromatic N) is 1.